The van der Waals surface area contributed by atoms with Gasteiger partial charge in [-0.2, -0.15) is 0 Å². The Bertz CT molecular complexity index is 459. The van der Waals surface area contributed by atoms with Crippen molar-refractivity contribution in [3.8, 4) is 0 Å². The van der Waals surface area contributed by atoms with Gasteiger partial charge in [0.15, 0.2) is 0 Å². The molecule has 2 aliphatic carbocycles. The van der Waals surface area contributed by atoms with Gasteiger partial charge in [0.1, 0.15) is 4.33 Å². The van der Waals surface area contributed by atoms with Gasteiger partial charge in [-0.25, -0.2) is 13.1 Å². The predicted octanol–water partition coefficient (Wildman–Crippen LogP) is 1.90. The number of sulfonamides is 1. The average molecular weight is 284 g/mol. The molecule has 1 heterocycles. The first kappa shape index (κ1) is 11.6. The SMILES string of the molecule is CC1(C)C2CCC13CS(=O)(=O)NC3C2(Cl)Cl. The molecule has 1 saturated heterocycles. The van der Waals surface area contributed by atoms with Gasteiger partial charge in [-0.05, 0) is 24.2 Å². The second-order valence-electron chi connectivity index (χ2n) is 5.95. The van der Waals surface area contributed by atoms with E-state index in [2.05, 4.69) is 18.6 Å². The van der Waals surface area contributed by atoms with Crippen LogP contribution in [0.2, 0.25) is 0 Å². The fraction of sp³-hybridized carbons (Fsp3) is 1.00. The van der Waals surface area contributed by atoms with Crippen LogP contribution in [-0.4, -0.2) is 24.5 Å². The maximum atomic E-state index is 11.8. The summed E-state index contributed by atoms with van der Waals surface area (Å²) in [5.74, 6) is 0.353. The molecule has 0 amide bonds. The van der Waals surface area contributed by atoms with Crippen molar-refractivity contribution >= 4 is 33.2 Å². The van der Waals surface area contributed by atoms with Crippen LogP contribution in [0.25, 0.3) is 0 Å². The number of hydrogen-bond donors (Lipinski definition) is 1. The first-order valence-corrected chi connectivity index (χ1v) is 7.92. The zero-order valence-electron chi connectivity index (χ0n) is 9.26. The van der Waals surface area contributed by atoms with Gasteiger partial charge in [0, 0.05) is 5.41 Å². The van der Waals surface area contributed by atoms with E-state index in [1.165, 1.54) is 0 Å². The van der Waals surface area contributed by atoms with E-state index in [9.17, 15) is 8.42 Å². The monoisotopic (exact) mass is 283 g/mol. The molecular weight excluding hydrogens is 269 g/mol. The van der Waals surface area contributed by atoms with E-state index in [1.807, 2.05) is 0 Å². The van der Waals surface area contributed by atoms with Crippen LogP contribution >= 0.6 is 23.2 Å². The van der Waals surface area contributed by atoms with Gasteiger partial charge in [-0.1, -0.05) is 37.0 Å². The van der Waals surface area contributed by atoms with Crippen molar-refractivity contribution in [2.45, 2.75) is 37.1 Å². The Labute approximate surface area is 106 Å². The van der Waals surface area contributed by atoms with Crippen molar-refractivity contribution in [2.75, 3.05) is 5.75 Å². The lowest BCUT2D eigenvalue weighted by molar-refractivity contribution is 0.146. The molecule has 1 N–H and O–H groups in total. The summed E-state index contributed by atoms with van der Waals surface area (Å²) in [6.45, 7) is 4.21. The lowest BCUT2D eigenvalue weighted by Crippen LogP contribution is -2.48. The molecule has 2 saturated carbocycles. The van der Waals surface area contributed by atoms with Crippen LogP contribution < -0.4 is 4.72 Å². The molecule has 3 rings (SSSR count). The summed E-state index contributed by atoms with van der Waals surface area (Å²) in [4.78, 5) is 0. The molecule has 0 aromatic rings. The van der Waals surface area contributed by atoms with Gasteiger partial charge in [-0.3, -0.25) is 0 Å². The molecule has 3 aliphatic rings. The third kappa shape index (κ3) is 1.03. The first-order valence-electron chi connectivity index (χ1n) is 5.51. The largest absolute Gasteiger partial charge is 0.212 e. The van der Waals surface area contributed by atoms with Crippen LogP contribution in [0.15, 0.2) is 0 Å². The molecule has 3 atom stereocenters. The molecule has 1 aliphatic heterocycles. The summed E-state index contributed by atoms with van der Waals surface area (Å²) in [7, 11) is -3.21. The molecule has 3 nitrogen and oxygen atoms in total. The van der Waals surface area contributed by atoms with Crippen LogP contribution in [-0.2, 0) is 10.0 Å². The summed E-state index contributed by atoms with van der Waals surface area (Å²) >= 11 is 12.8. The highest BCUT2D eigenvalue weighted by Crippen LogP contribution is 2.73. The van der Waals surface area contributed by atoms with Crippen molar-refractivity contribution in [3.63, 3.8) is 0 Å². The molecule has 6 heteroatoms. The third-order valence-electron chi connectivity index (χ3n) is 5.18. The second kappa shape index (κ2) is 2.73. The molecule has 2 bridgehead atoms. The number of nitrogens with one attached hydrogen (secondary N) is 1. The van der Waals surface area contributed by atoms with E-state index in [1.54, 1.807) is 0 Å². The quantitative estimate of drug-likeness (QED) is 0.691. The molecule has 3 unspecified atom stereocenters. The molecule has 3 fully saturated rings. The highest BCUT2D eigenvalue weighted by atomic mass is 35.5. The Morgan fingerprint density at radius 3 is 2.50 bits per heavy atom. The standard InChI is InChI=1S/C10H15Cl2NO2S/c1-8(2)6-3-4-9(8)5-16(14,15)13-7(9)10(6,11)12/h6-7,13H,3-5H2,1-2H3. The molecule has 0 aromatic carbocycles. The highest BCUT2D eigenvalue weighted by molar-refractivity contribution is 7.89. The minimum absolute atomic E-state index is 0.113. The predicted molar refractivity (Wildman–Crippen MR) is 64.1 cm³/mol. The van der Waals surface area contributed by atoms with E-state index in [0.717, 1.165) is 12.8 Å². The summed E-state index contributed by atoms with van der Waals surface area (Å²) in [6, 6.07) is -0.318. The van der Waals surface area contributed by atoms with Gasteiger partial charge >= 0.3 is 0 Å². The summed E-state index contributed by atoms with van der Waals surface area (Å²) < 4.78 is 25.3. The zero-order chi connectivity index (χ0) is 12.0. The van der Waals surface area contributed by atoms with Gasteiger partial charge in [0.2, 0.25) is 10.0 Å². The maximum Gasteiger partial charge on any atom is 0.212 e. The highest BCUT2D eigenvalue weighted by Gasteiger charge is 2.77. The Kier molecular flexibility index (Phi) is 1.98. The Morgan fingerprint density at radius 2 is 1.94 bits per heavy atom. The van der Waals surface area contributed by atoms with E-state index in [4.69, 9.17) is 23.2 Å². The van der Waals surface area contributed by atoms with Gasteiger partial charge in [0.25, 0.3) is 0 Å². The first-order chi connectivity index (χ1) is 7.14. The van der Waals surface area contributed by atoms with Gasteiger partial charge in [-0.15, -0.1) is 0 Å². The van der Waals surface area contributed by atoms with E-state index >= 15 is 0 Å². The van der Waals surface area contributed by atoms with Crippen molar-refractivity contribution in [2.24, 2.45) is 16.7 Å². The van der Waals surface area contributed by atoms with Crippen molar-refractivity contribution in [1.82, 2.24) is 4.72 Å². The number of rotatable bonds is 0. The second-order valence-corrected chi connectivity index (χ2v) is 9.15. The molecular formula is C10H15Cl2NO2S. The molecule has 0 radical (unpaired) electrons. The fourth-order valence-electron chi connectivity index (χ4n) is 4.28. The van der Waals surface area contributed by atoms with E-state index < -0.39 is 14.4 Å². The van der Waals surface area contributed by atoms with Crippen molar-refractivity contribution in [1.29, 1.82) is 0 Å². The zero-order valence-corrected chi connectivity index (χ0v) is 11.6. The lowest BCUT2D eigenvalue weighted by Gasteiger charge is -2.36. The number of alkyl halides is 2. The maximum absolute atomic E-state index is 11.8. The normalized spacial score (nSPS) is 50.5. The molecule has 0 aromatic heterocycles. The Morgan fingerprint density at radius 1 is 1.31 bits per heavy atom. The van der Waals surface area contributed by atoms with Crippen LogP contribution in [0.3, 0.4) is 0 Å². The van der Waals surface area contributed by atoms with Crippen LogP contribution in [0, 0.1) is 16.7 Å². The molecule has 16 heavy (non-hydrogen) atoms. The van der Waals surface area contributed by atoms with E-state index in [0.29, 0.717) is 0 Å². The summed E-state index contributed by atoms with van der Waals surface area (Å²) in [6.07, 6.45) is 1.83. The number of halogens is 2. The van der Waals surface area contributed by atoms with Crippen molar-refractivity contribution in [3.05, 3.63) is 0 Å². The van der Waals surface area contributed by atoms with Gasteiger partial charge in [0.05, 0.1) is 11.8 Å². The number of fused-ring (bicyclic) bond motifs is 1. The third-order valence-corrected chi connectivity index (χ3v) is 7.63. The van der Waals surface area contributed by atoms with Crippen LogP contribution in [0.5, 0.6) is 0 Å². The van der Waals surface area contributed by atoms with Gasteiger partial charge < -0.3 is 0 Å². The fourth-order valence-corrected chi connectivity index (χ4v) is 7.92. The Balaban J connectivity index is 2.21. The van der Waals surface area contributed by atoms with E-state index in [-0.39, 0.29) is 28.5 Å². The Hall–Kier alpha value is 0.490. The van der Waals surface area contributed by atoms with Crippen molar-refractivity contribution < 1.29 is 8.42 Å². The van der Waals surface area contributed by atoms with Crippen LogP contribution in [0.4, 0.5) is 0 Å². The average Bonchev–Trinajstić information content (AvgIpc) is 2.53. The summed E-state index contributed by atoms with van der Waals surface area (Å²) in [5.41, 5.74) is -0.391. The van der Waals surface area contributed by atoms with Crippen LogP contribution in [0.1, 0.15) is 26.7 Å². The summed E-state index contributed by atoms with van der Waals surface area (Å²) in [5, 5.41) is 0. The number of hydrogen-bond acceptors (Lipinski definition) is 2. The molecule has 92 valence electrons. The minimum Gasteiger partial charge on any atom is -0.212 e. The molecule has 1 spiro atoms. The smallest absolute Gasteiger partial charge is 0.212 e. The lowest BCUT2D eigenvalue weighted by atomic mass is 9.69. The topological polar surface area (TPSA) is 46.2 Å². The minimum atomic E-state index is -3.21.